The number of alkyl halides is 3. The van der Waals surface area contributed by atoms with Gasteiger partial charge in [-0.05, 0) is 30.4 Å². The molecular formula is C22H23F3N2O6S. The third-order valence-corrected chi connectivity index (χ3v) is 4.65. The topological polar surface area (TPSA) is 94.2 Å². The van der Waals surface area contributed by atoms with Gasteiger partial charge in [0.25, 0.3) is 0 Å². The Hall–Kier alpha value is -3.41. The van der Waals surface area contributed by atoms with Crippen molar-refractivity contribution in [1.82, 2.24) is 4.90 Å². The fourth-order valence-corrected chi connectivity index (χ4v) is 3.34. The molecule has 8 nitrogen and oxygen atoms in total. The first-order chi connectivity index (χ1) is 16.0. The number of rotatable bonds is 8. The fraction of sp³-hybridized carbons (Fsp3) is 0.364. The highest BCUT2D eigenvalue weighted by atomic mass is 32.1. The van der Waals surface area contributed by atoms with E-state index in [0.717, 1.165) is 11.0 Å². The predicted octanol–water partition coefficient (Wildman–Crippen LogP) is 4.12. The van der Waals surface area contributed by atoms with Crippen molar-refractivity contribution >= 4 is 40.9 Å². The van der Waals surface area contributed by atoms with E-state index in [4.69, 9.17) is 26.4 Å². The lowest BCUT2D eigenvalue weighted by atomic mass is 10.1. The molecule has 2 amide bonds. The van der Waals surface area contributed by atoms with Crippen LogP contribution in [0.15, 0.2) is 43.5 Å². The maximum absolute atomic E-state index is 13.4. The van der Waals surface area contributed by atoms with Gasteiger partial charge >= 0.3 is 18.2 Å². The van der Waals surface area contributed by atoms with Gasteiger partial charge in [0.05, 0.1) is 17.7 Å². The average molecular weight is 500 g/mol. The zero-order chi connectivity index (χ0) is 25.5. The number of nitrogens with zero attached hydrogens (tertiary/aromatic N) is 1. The SMILES string of the molecule is C=CCOC(=O)c1cc(NC(=O)[C@@H]2C[C@H](OC(C)=S)CN2C(=O)OCC=C)cc(C(F)(F)F)c1. The van der Waals surface area contributed by atoms with E-state index in [-0.39, 0.29) is 36.9 Å². The van der Waals surface area contributed by atoms with Crippen LogP contribution in [0.4, 0.5) is 23.7 Å². The van der Waals surface area contributed by atoms with E-state index in [0.29, 0.717) is 12.1 Å². The zero-order valence-electron chi connectivity index (χ0n) is 18.2. The highest BCUT2D eigenvalue weighted by Crippen LogP contribution is 2.33. The van der Waals surface area contributed by atoms with Gasteiger partial charge in [0.2, 0.25) is 5.91 Å². The third-order valence-electron chi connectivity index (χ3n) is 4.55. The van der Waals surface area contributed by atoms with Crippen molar-refractivity contribution in [2.24, 2.45) is 0 Å². The molecule has 1 aromatic rings. The number of hydrogen-bond acceptors (Lipinski definition) is 7. The van der Waals surface area contributed by atoms with Gasteiger partial charge in [-0.15, -0.1) is 0 Å². The van der Waals surface area contributed by atoms with Gasteiger partial charge in [-0.3, -0.25) is 9.69 Å². The van der Waals surface area contributed by atoms with Crippen LogP contribution in [0, 0.1) is 0 Å². The molecule has 12 heteroatoms. The molecule has 184 valence electrons. The number of nitrogens with one attached hydrogen (secondary N) is 1. The average Bonchev–Trinajstić information content (AvgIpc) is 3.18. The molecule has 2 rings (SSSR count). The number of hydrogen-bond donors (Lipinski definition) is 1. The smallest absolute Gasteiger partial charge is 0.416 e. The van der Waals surface area contributed by atoms with Crippen molar-refractivity contribution in [1.29, 1.82) is 0 Å². The normalized spacial score (nSPS) is 17.5. The lowest BCUT2D eigenvalue weighted by Crippen LogP contribution is -2.43. The third kappa shape index (κ3) is 7.30. The number of ether oxygens (including phenoxy) is 3. The van der Waals surface area contributed by atoms with Gasteiger partial charge in [0.15, 0.2) is 5.05 Å². The molecule has 1 N–H and O–H groups in total. The molecule has 1 saturated heterocycles. The second-order valence-corrected chi connectivity index (χ2v) is 7.75. The molecular weight excluding hydrogens is 477 g/mol. The van der Waals surface area contributed by atoms with Crippen molar-refractivity contribution in [2.45, 2.75) is 31.7 Å². The van der Waals surface area contributed by atoms with E-state index in [1.54, 1.807) is 0 Å². The fourth-order valence-electron chi connectivity index (χ4n) is 3.21. The minimum Gasteiger partial charge on any atom is -0.482 e. The number of likely N-dealkylation sites (tertiary alicyclic amines) is 1. The van der Waals surface area contributed by atoms with Gasteiger partial charge in [-0.25, -0.2) is 9.59 Å². The van der Waals surface area contributed by atoms with E-state index in [9.17, 15) is 27.6 Å². The summed E-state index contributed by atoms with van der Waals surface area (Å²) in [6.45, 7) is 8.00. The monoisotopic (exact) mass is 500 g/mol. The first kappa shape index (κ1) is 26.8. The van der Waals surface area contributed by atoms with Crippen LogP contribution in [0.2, 0.25) is 0 Å². The van der Waals surface area contributed by atoms with Gasteiger partial charge < -0.3 is 19.5 Å². The first-order valence-electron chi connectivity index (χ1n) is 9.99. The quantitative estimate of drug-likeness (QED) is 0.326. The highest BCUT2D eigenvalue weighted by Gasteiger charge is 2.42. The molecule has 0 unspecified atom stereocenters. The predicted molar refractivity (Wildman–Crippen MR) is 120 cm³/mol. The number of esters is 1. The number of carbonyl (C=O) groups excluding carboxylic acids is 3. The van der Waals surface area contributed by atoms with Crippen LogP contribution in [0.5, 0.6) is 0 Å². The number of carbonyl (C=O) groups is 3. The lowest BCUT2D eigenvalue weighted by molar-refractivity contribution is -0.137. The van der Waals surface area contributed by atoms with Crippen LogP contribution in [-0.4, -0.2) is 59.8 Å². The summed E-state index contributed by atoms with van der Waals surface area (Å²) in [7, 11) is 0. The Kier molecular flexibility index (Phi) is 9.19. The second-order valence-electron chi connectivity index (χ2n) is 7.17. The molecule has 0 spiro atoms. The van der Waals surface area contributed by atoms with E-state index >= 15 is 0 Å². The molecule has 1 heterocycles. The summed E-state index contributed by atoms with van der Waals surface area (Å²) in [5.74, 6) is -1.82. The second kappa shape index (κ2) is 11.6. The summed E-state index contributed by atoms with van der Waals surface area (Å²) in [5, 5.41) is 2.54. The minimum absolute atomic E-state index is 0.0240. The number of thiocarbonyl (C=S) groups is 1. The van der Waals surface area contributed by atoms with Crippen LogP contribution < -0.4 is 5.32 Å². The summed E-state index contributed by atoms with van der Waals surface area (Å²) >= 11 is 4.91. The van der Waals surface area contributed by atoms with Crippen molar-refractivity contribution in [3.05, 3.63) is 54.6 Å². The van der Waals surface area contributed by atoms with Crippen LogP contribution in [0.3, 0.4) is 0 Å². The van der Waals surface area contributed by atoms with Crippen molar-refractivity contribution in [3.63, 3.8) is 0 Å². The molecule has 1 aliphatic heterocycles. The van der Waals surface area contributed by atoms with Crippen LogP contribution >= 0.6 is 12.2 Å². The Balaban J connectivity index is 2.31. The highest BCUT2D eigenvalue weighted by molar-refractivity contribution is 7.80. The van der Waals surface area contributed by atoms with Gasteiger partial charge in [-0.1, -0.05) is 25.3 Å². The Bertz CT molecular complexity index is 982. The van der Waals surface area contributed by atoms with Crippen LogP contribution in [0.1, 0.15) is 29.3 Å². The molecule has 1 aliphatic rings. The molecule has 1 fully saturated rings. The molecule has 1 aromatic carbocycles. The zero-order valence-corrected chi connectivity index (χ0v) is 19.0. The standard InChI is InChI=1S/C22H23F3N2O6S/c1-4-6-31-20(29)14-8-15(22(23,24)25)10-16(9-14)26-19(28)18-11-17(33-13(3)34)12-27(18)21(30)32-7-5-2/h4-5,8-10,17-18H,1-2,6-7,11-12H2,3H3,(H,26,28)/t17-,18-/m0/s1. The molecule has 0 bridgehead atoms. The summed E-state index contributed by atoms with van der Waals surface area (Å²) < 4.78 is 55.4. The van der Waals surface area contributed by atoms with Crippen molar-refractivity contribution in [2.75, 3.05) is 25.1 Å². The molecule has 0 radical (unpaired) electrons. The Morgan fingerprint density at radius 1 is 1.18 bits per heavy atom. The maximum atomic E-state index is 13.4. The molecule has 0 aliphatic carbocycles. The largest absolute Gasteiger partial charge is 0.482 e. The van der Waals surface area contributed by atoms with Crippen LogP contribution in [-0.2, 0) is 25.2 Å². The number of halogens is 3. The van der Waals surface area contributed by atoms with Crippen molar-refractivity contribution in [3.8, 4) is 0 Å². The lowest BCUT2D eigenvalue weighted by Gasteiger charge is -2.23. The van der Waals surface area contributed by atoms with E-state index < -0.39 is 47.4 Å². The summed E-state index contributed by atoms with van der Waals surface area (Å²) in [6.07, 6.45) is -3.61. The number of benzene rings is 1. The van der Waals surface area contributed by atoms with E-state index in [1.807, 2.05) is 0 Å². The summed E-state index contributed by atoms with van der Waals surface area (Å²) in [6, 6.07) is 1.21. The van der Waals surface area contributed by atoms with Crippen molar-refractivity contribution < 1.29 is 41.8 Å². The first-order valence-corrected chi connectivity index (χ1v) is 10.4. The molecule has 2 atom stereocenters. The summed E-state index contributed by atoms with van der Waals surface area (Å²) in [4.78, 5) is 38.6. The Morgan fingerprint density at radius 3 is 2.41 bits per heavy atom. The molecule has 34 heavy (non-hydrogen) atoms. The summed E-state index contributed by atoms with van der Waals surface area (Å²) in [5.41, 5.74) is -1.89. The van der Waals surface area contributed by atoms with Gasteiger partial charge in [0.1, 0.15) is 25.4 Å². The maximum Gasteiger partial charge on any atom is 0.416 e. The van der Waals surface area contributed by atoms with Gasteiger partial charge in [-0.2, -0.15) is 13.2 Å². The Labute approximate surface area is 199 Å². The Morgan fingerprint density at radius 2 is 1.82 bits per heavy atom. The molecule has 0 aromatic heterocycles. The van der Waals surface area contributed by atoms with E-state index in [1.165, 1.54) is 19.1 Å². The number of anilines is 1. The van der Waals surface area contributed by atoms with Gasteiger partial charge in [0, 0.05) is 19.0 Å². The minimum atomic E-state index is -4.79. The van der Waals surface area contributed by atoms with Crippen LogP contribution in [0.25, 0.3) is 0 Å². The van der Waals surface area contributed by atoms with E-state index in [2.05, 4.69) is 18.5 Å². The molecule has 0 saturated carbocycles. The number of amides is 2.